The van der Waals surface area contributed by atoms with Gasteiger partial charge in [0.15, 0.2) is 5.76 Å². The van der Waals surface area contributed by atoms with Crippen molar-refractivity contribution in [3.05, 3.63) is 42.1 Å². The lowest BCUT2D eigenvalue weighted by Gasteiger charge is -2.52. The third-order valence-electron chi connectivity index (χ3n) is 5.47. The van der Waals surface area contributed by atoms with Crippen LogP contribution in [0, 0.1) is 11.3 Å². The minimum absolute atomic E-state index is 0.0228. The second-order valence-corrected chi connectivity index (χ2v) is 10.0. The van der Waals surface area contributed by atoms with E-state index in [0.717, 1.165) is 29.9 Å². The van der Waals surface area contributed by atoms with Gasteiger partial charge < -0.3 is 4.52 Å². The number of aromatic nitrogens is 1. The van der Waals surface area contributed by atoms with Crippen molar-refractivity contribution >= 4 is 10.0 Å². The average molecular weight is 362 g/mol. The van der Waals surface area contributed by atoms with Gasteiger partial charge in [0.2, 0.25) is 10.0 Å². The van der Waals surface area contributed by atoms with Crippen molar-refractivity contribution in [1.82, 2.24) is 9.88 Å². The summed E-state index contributed by atoms with van der Waals surface area (Å²) in [6.45, 7) is 7.64. The first kappa shape index (κ1) is 18.1. The van der Waals surface area contributed by atoms with Gasteiger partial charge in [-0.15, -0.1) is 0 Å². The Morgan fingerprint density at radius 1 is 1.28 bits per heavy atom. The summed E-state index contributed by atoms with van der Waals surface area (Å²) in [5, 5.41) is 3.78. The molecular weight excluding hydrogens is 336 g/mol. The molecule has 1 saturated carbocycles. The molecular formula is C19H26N2O3S. The highest BCUT2D eigenvalue weighted by Gasteiger charge is 2.49. The van der Waals surface area contributed by atoms with Crippen molar-refractivity contribution < 1.29 is 12.9 Å². The highest BCUT2D eigenvalue weighted by Crippen LogP contribution is 2.48. The van der Waals surface area contributed by atoms with Crippen molar-refractivity contribution in [1.29, 1.82) is 0 Å². The Morgan fingerprint density at radius 2 is 1.96 bits per heavy atom. The molecule has 0 bridgehead atoms. The van der Waals surface area contributed by atoms with Crippen LogP contribution in [-0.2, 0) is 16.4 Å². The molecule has 0 amide bonds. The molecule has 1 aliphatic rings. The highest BCUT2D eigenvalue weighted by molar-refractivity contribution is 7.90. The zero-order valence-corrected chi connectivity index (χ0v) is 16.0. The summed E-state index contributed by atoms with van der Waals surface area (Å²) in [4.78, 5) is 0. The number of hydrogen-bond donors (Lipinski definition) is 1. The van der Waals surface area contributed by atoms with E-state index in [1.54, 1.807) is 13.8 Å². The Hall–Kier alpha value is -1.66. The van der Waals surface area contributed by atoms with Gasteiger partial charge in [-0.1, -0.05) is 49.3 Å². The van der Waals surface area contributed by atoms with Crippen molar-refractivity contribution in [2.45, 2.75) is 51.8 Å². The Bertz CT molecular complexity index is 825. The summed E-state index contributed by atoms with van der Waals surface area (Å²) in [7, 11) is -3.24. The SMILES string of the molecule is CC(C)S(=O)(=O)N[C@H]1C[C@@H](Cc2cc(-c3ccccc3)on2)C1(C)C. The van der Waals surface area contributed by atoms with Gasteiger partial charge in [0.1, 0.15) is 0 Å². The van der Waals surface area contributed by atoms with Crippen molar-refractivity contribution in [2.24, 2.45) is 11.3 Å². The van der Waals surface area contributed by atoms with Crippen molar-refractivity contribution in [3.63, 3.8) is 0 Å². The third kappa shape index (κ3) is 3.65. The van der Waals surface area contributed by atoms with Crippen LogP contribution in [-0.4, -0.2) is 24.9 Å². The Kier molecular flexibility index (Phi) is 4.77. The molecule has 0 aliphatic heterocycles. The van der Waals surface area contributed by atoms with E-state index in [4.69, 9.17) is 4.52 Å². The van der Waals surface area contributed by atoms with E-state index in [2.05, 4.69) is 23.7 Å². The molecule has 0 spiro atoms. The fourth-order valence-electron chi connectivity index (χ4n) is 3.30. The molecule has 1 aliphatic carbocycles. The Morgan fingerprint density at radius 3 is 2.56 bits per heavy atom. The van der Waals surface area contributed by atoms with Crippen LogP contribution in [0.2, 0.25) is 0 Å². The molecule has 0 unspecified atom stereocenters. The van der Waals surface area contributed by atoms with Gasteiger partial charge in [0, 0.05) is 17.7 Å². The summed E-state index contributed by atoms with van der Waals surface area (Å²) < 4.78 is 32.5. The van der Waals surface area contributed by atoms with Crippen molar-refractivity contribution in [2.75, 3.05) is 0 Å². The van der Waals surface area contributed by atoms with E-state index in [1.165, 1.54) is 0 Å². The van der Waals surface area contributed by atoms with Crippen LogP contribution in [0.1, 0.15) is 39.8 Å². The van der Waals surface area contributed by atoms with E-state index < -0.39 is 15.3 Å². The second kappa shape index (κ2) is 6.57. The highest BCUT2D eigenvalue weighted by atomic mass is 32.2. The summed E-state index contributed by atoms with van der Waals surface area (Å²) >= 11 is 0. The first-order chi connectivity index (χ1) is 11.7. The normalized spacial score (nSPS) is 22.8. The average Bonchev–Trinajstić information content (AvgIpc) is 3.03. The number of sulfonamides is 1. The first-order valence-corrected chi connectivity index (χ1v) is 10.3. The molecule has 1 N–H and O–H groups in total. The van der Waals surface area contributed by atoms with Crippen LogP contribution in [0.15, 0.2) is 40.9 Å². The maximum absolute atomic E-state index is 12.1. The molecule has 5 nitrogen and oxygen atoms in total. The molecule has 2 aromatic rings. The van der Waals surface area contributed by atoms with Gasteiger partial charge >= 0.3 is 0 Å². The molecule has 2 atom stereocenters. The van der Waals surface area contributed by atoms with E-state index in [-0.39, 0.29) is 11.5 Å². The van der Waals surface area contributed by atoms with Crippen LogP contribution in [0.5, 0.6) is 0 Å². The van der Waals surface area contributed by atoms with Crippen LogP contribution in [0.4, 0.5) is 0 Å². The minimum atomic E-state index is -3.24. The molecule has 25 heavy (non-hydrogen) atoms. The molecule has 6 heteroatoms. The second-order valence-electron chi connectivity index (χ2n) is 7.77. The fraction of sp³-hybridized carbons (Fsp3) is 0.526. The van der Waals surface area contributed by atoms with E-state index in [1.807, 2.05) is 36.4 Å². The Balaban J connectivity index is 1.65. The van der Waals surface area contributed by atoms with E-state index in [9.17, 15) is 8.42 Å². The molecule has 136 valence electrons. The summed E-state index contributed by atoms with van der Waals surface area (Å²) in [5.41, 5.74) is 1.83. The van der Waals surface area contributed by atoms with Gasteiger partial charge in [0.25, 0.3) is 0 Å². The maximum Gasteiger partial charge on any atom is 0.214 e. The van der Waals surface area contributed by atoms with Gasteiger partial charge in [-0.05, 0) is 38.0 Å². The number of benzene rings is 1. The number of rotatable bonds is 6. The minimum Gasteiger partial charge on any atom is -0.356 e. The lowest BCUT2D eigenvalue weighted by atomic mass is 9.57. The van der Waals surface area contributed by atoms with Gasteiger partial charge in [-0.2, -0.15) is 0 Å². The number of hydrogen-bond acceptors (Lipinski definition) is 4. The number of nitrogens with one attached hydrogen (secondary N) is 1. The quantitative estimate of drug-likeness (QED) is 0.852. The summed E-state index contributed by atoms with van der Waals surface area (Å²) in [6.07, 6.45) is 1.62. The molecule has 1 aromatic heterocycles. The van der Waals surface area contributed by atoms with Gasteiger partial charge in [-0.3, -0.25) is 0 Å². The summed E-state index contributed by atoms with van der Waals surface area (Å²) in [5.74, 6) is 1.14. The predicted molar refractivity (Wildman–Crippen MR) is 98.5 cm³/mol. The van der Waals surface area contributed by atoms with Crippen molar-refractivity contribution in [3.8, 4) is 11.3 Å². The predicted octanol–water partition coefficient (Wildman–Crippen LogP) is 3.63. The molecule has 0 saturated heterocycles. The molecule has 1 heterocycles. The van der Waals surface area contributed by atoms with Crippen LogP contribution in [0.25, 0.3) is 11.3 Å². The lowest BCUT2D eigenvalue weighted by Crippen LogP contribution is -2.59. The molecule has 0 radical (unpaired) electrons. The zero-order valence-electron chi connectivity index (χ0n) is 15.2. The van der Waals surface area contributed by atoms with E-state index in [0.29, 0.717) is 5.92 Å². The van der Waals surface area contributed by atoms with Gasteiger partial charge in [0.05, 0.1) is 10.9 Å². The van der Waals surface area contributed by atoms with Crippen LogP contribution >= 0.6 is 0 Å². The molecule has 1 fully saturated rings. The third-order valence-corrected chi connectivity index (χ3v) is 7.32. The monoisotopic (exact) mass is 362 g/mol. The lowest BCUT2D eigenvalue weighted by molar-refractivity contribution is 0.0269. The van der Waals surface area contributed by atoms with Crippen LogP contribution in [0.3, 0.4) is 0 Å². The zero-order chi connectivity index (χ0) is 18.2. The van der Waals surface area contributed by atoms with Gasteiger partial charge in [-0.25, -0.2) is 13.1 Å². The first-order valence-electron chi connectivity index (χ1n) is 8.72. The Labute approximate surface area is 149 Å². The fourth-order valence-corrected chi connectivity index (χ4v) is 4.36. The maximum atomic E-state index is 12.1. The summed E-state index contributed by atoms with van der Waals surface area (Å²) in [6, 6.07) is 11.9. The smallest absolute Gasteiger partial charge is 0.214 e. The molecule has 3 rings (SSSR count). The van der Waals surface area contributed by atoms with E-state index >= 15 is 0 Å². The van der Waals surface area contributed by atoms with Crippen LogP contribution < -0.4 is 4.72 Å². The standard InChI is InChI=1S/C19H26N2O3S/c1-13(2)25(22,23)21-18-11-15(19(18,3)4)10-16-12-17(24-20-16)14-8-6-5-7-9-14/h5-9,12-13,15,18,21H,10-11H2,1-4H3/t15-,18+/m1/s1. The molecule has 1 aromatic carbocycles. The topological polar surface area (TPSA) is 72.2 Å². The number of nitrogens with zero attached hydrogens (tertiary/aromatic N) is 1. The largest absolute Gasteiger partial charge is 0.356 e.